The Hall–Kier alpha value is -4.14. The SMILES string of the molecule is Cc1cc(Oc2ccccc2)nc2cc(C3=NC(C4CCC(C(N)=O)CC4)=C4C=NC=C[N+]34N)ccc12. The molecule has 0 saturated heterocycles. The third-order valence-corrected chi connectivity index (χ3v) is 7.56. The number of ether oxygens (including phenoxy) is 1. The van der Waals surface area contributed by atoms with Crippen LogP contribution in [0.3, 0.4) is 0 Å². The second-order valence-electron chi connectivity index (χ2n) is 9.93. The molecule has 1 aliphatic carbocycles. The molecule has 0 bridgehead atoms. The van der Waals surface area contributed by atoms with Crippen molar-refractivity contribution in [3.05, 3.63) is 89.5 Å². The second kappa shape index (κ2) is 9.06. The number of aliphatic imine (C=N–C) groups is 2. The Labute approximate surface area is 215 Å². The Morgan fingerprint density at radius 1 is 1.05 bits per heavy atom. The monoisotopic (exact) mass is 493 g/mol. The molecule has 1 atom stereocenters. The van der Waals surface area contributed by atoms with Gasteiger partial charge in [0.15, 0.2) is 0 Å². The van der Waals surface area contributed by atoms with Crippen molar-refractivity contribution in [2.45, 2.75) is 32.6 Å². The average molecular weight is 494 g/mol. The first-order valence-electron chi connectivity index (χ1n) is 12.6. The number of pyridine rings is 1. The minimum atomic E-state index is -0.215. The highest BCUT2D eigenvalue weighted by Crippen LogP contribution is 2.41. The van der Waals surface area contributed by atoms with E-state index in [0.29, 0.717) is 5.88 Å². The van der Waals surface area contributed by atoms with Gasteiger partial charge in [0.2, 0.25) is 17.5 Å². The van der Waals surface area contributed by atoms with E-state index in [1.165, 1.54) is 0 Å². The van der Waals surface area contributed by atoms with Crippen LogP contribution in [0.1, 0.15) is 36.8 Å². The third kappa shape index (κ3) is 4.14. The molecule has 3 aliphatic rings. The number of aromatic nitrogens is 1. The molecule has 37 heavy (non-hydrogen) atoms. The maximum Gasteiger partial charge on any atom is 0.264 e. The number of fused-ring (bicyclic) bond motifs is 2. The van der Waals surface area contributed by atoms with Gasteiger partial charge < -0.3 is 10.5 Å². The smallest absolute Gasteiger partial charge is 0.264 e. The van der Waals surface area contributed by atoms with Crippen molar-refractivity contribution in [2.24, 2.45) is 33.4 Å². The van der Waals surface area contributed by atoms with Crippen molar-refractivity contribution in [3.8, 4) is 11.6 Å². The summed E-state index contributed by atoms with van der Waals surface area (Å²) in [5, 5.41) is 1.04. The van der Waals surface area contributed by atoms with E-state index < -0.39 is 0 Å². The Morgan fingerprint density at radius 2 is 1.84 bits per heavy atom. The van der Waals surface area contributed by atoms with Gasteiger partial charge in [0.1, 0.15) is 17.6 Å². The molecule has 1 unspecified atom stereocenters. The molecule has 3 heterocycles. The molecule has 0 radical (unpaired) electrons. The van der Waals surface area contributed by atoms with Crippen LogP contribution in [0.5, 0.6) is 11.6 Å². The van der Waals surface area contributed by atoms with Crippen molar-refractivity contribution in [2.75, 3.05) is 0 Å². The first kappa shape index (κ1) is 23.3. The molecule has 3 aromatic rings. The normalized spacial score (nSPS) is 24.8. The topological polar surface area (TPSA) is 116 Å². The Balaban J connectivity index is 1.37. The standard InChI is InChI=1S/C29H28N6O2/c1-18-15-26(37-22-5-3-2-4-6-22)33-24-16-21(11-12-23(18)24)29-34-27(25-17-32-13-14-35(25,29)31)19-7-9-20(10-8-19)28(30)36/h2-6,11-17,19-20H,7-10,31H2,1H3,(H-,30,36)/p+1. The number of nitrogens with zero attached hydrogens (tertiary/aromatic N) is 4. The maximum atomic E-state index is 11.7. The lowest BCUT2D eigenvalue weighted by Gasteiger charge is -2.28. The highest BCUT2D eigenvalue weighted by Gasteiger charge is 2.46. The van der Waals surface area contributed by atoms with Crippen molar-refractivity contribution >= 4 is 28.9 Å². The Bertz CT molecular complexity index is 1520. The number of quaternary nitrogens is 1. The van der Waals surface area contributed by atoms with E-state index >= 15 is 0 Å². The van der Waals surface area contributed by atoms with Gasteiger partial charge in [-0.05, 0) is 62.4 Å². The molecule has 8 nitrogen and oxygen atoms in total. The van der Waals surface area contributed by atoms with E-state index in [1.807, 2.05) is 54.7 Å². The molecule has 186 valence electrons. The number of carbonyl (C=O) groups excluding carboxylic acids is 1. The summed E-state index contributed by atoms with van der Waals surface area (Å²) in [6, 6.07) is 17.7. The number of primary amides is 1. The van der Waals surface area contributed by atoms with E-state index in [9.17, 15) is 4.79 Å². The van der Waals surface area contributed by atoms with Crippen molar-refractivity contribution in [3.63, 3.8) is 0 Å². The molecule has 1 amide bonds. The van der Waals surface area contributed by atoms with Gasteiger partial charge in [0.05, 0.1) is 23.5 Å². The molecule has 6 rings (SSSR count). The summed E-state index contributed by atoms with van der Waals surface area (Å²) < 4.78 is 5.98. The van der Waals surface area contributed by atoms with Gasteiger partial charge in [-0.2, -0.15) is 10.8 Å². The van der Waals surface area contributed by atoms with E-state index in [0.717, 1.165) is 70.7 Å². The first-order valence-corrected chi connectivity index (χ1v) is 12.6. The van der Waals surface area contributed by atoms with Gasteiger partial charge >= 0.3 is 0 Å². The summed E-state index contributed by atoms with van der Waals surface area (Å²) >= 11 is 0. The zero-order valence-electron chi connectivity index (χ0n) is 20.7. The van der Waals surface area contributed by atoms with Gasteiger partial charge in [0.25, 0.3) is 5.84 Å². The number of amides is 1. The molecule has 4 N–H and O–H groups in total. The molecule has 0 spiro atoms. The lowest BCUT2D eigenvalue weighted by atomic mass is 9.80. The molecule has 8 heteroatoms. The number of para-hydroxylation sites is 1. The third-order valence-electron chi connectivity index (χ3n) is 7.56. The summed E-state index contributed by atoms with van der Waals surface area (Å²) in [5.41, 5.74) is 10.1. The minimum Gasteiger partial charge on any atom is -0.439 e. The predicted octanol–water partition coefficient (Wildman–Crippen LogP) is 4.85. The summed E-state index contributed by atoms with van der Waals surface area (Å²) in [7, 11) is 0. The fraction of sp³-hybridized carbons (Fsp3) is 0.241. The zero-order valence-corrected chi connectivity index (χ0v) is 20.7. The summed E-state index contributed by atoms with van der Waals surface area (Å²) in [5.74, 6) is 8.89. The number of carbonyl (C=O) groups is 1. The number of amidine groups is 1. The van der Waals surface area contributed by atoms with E-state index in [2.05, 4.69) is 18.0 Å². The Morgan fingerprint density at radius 3 is 2.59 bits per heavy atom. The second-order valence-corrected chi connectivity index (χ2v) is 9.93. The molecular formula is C29H29N6O2+. The molecule has 2 aliphatic heterocycles. The fourth-order valence-electron chi connectivity index (χ4n) is 5.53. The minimum absolute atomic E-state index is 0.0424. The average Bonchev–Trinajstić information content (AvgIpc) is 3.22. The maximum absolute atomic E-state index is 11.7. The number of nitrogens with two attached hydrogens (primary N) is 2. The van der Waals surface area contributed by atoms with Crippen molar-refractivity contribution in [1.82, 2.24) is 4.98 Å². The van der Waals surface area contributed by atoms with Crippen LogP contribution in [-0.2, 0) is 4.79 Å². The van der Waals surface area contributed by atoms with Gasteiger partial charge in [-0.3, -0.25) is 9.79 Å². The van der Waals surface area contributed by atoms with Gasteiger partial charge in [-0.25, -0.2) is 4.98 Å². The molecule has 1 aromatic heterocycles. The van der Waals surface area contributed by atoms with Crippen LogP contribution in [0.25, 0.3) is 10.9 Å². The van der Waals surface area contributed by atoms with Crippen LogP contribution in [0, 0.1) is 18.8 Å². The fourth-order valence-corrected chi connectivity index (χ4v) is 5.53. The highest BCUT2D eigenvalue weighted by atomic mass is 16.5. The largest absolute Gasteiger partial charge is 0.439 e. The lowest BCUT2D eigenvalue weighted by molar-refractivity contribution is -0.750. The number of aryl methyl sites for hydroxylation is 1. The molecular weight excluding hydrogens is 464 g/mol. The molecule has 1 saturated carbocycles. The number of hydrogen-bond donors (Lipinski definition) is 2. The number of hydrogen-bond acceptors (Lipinski definition) is 6. The summed E-state index contributed by atoms with van der Waals surface area (Å²) in [6.07, 6.45) is 8.60. The van der Waals surface area contributed by atoms with Gasteiger partial charge in [-0.15, -0.1) is 4.59 Å². The van der Waals surface area contributed by atoms with Crippen LogP contribution in [0.15, 0.2) is 88.4 Å². The number of allylic oxidation sites excluding steroid dienone is 2. The van der Waals surface area contributed by atoms with Crippen LogP contribution >= 0.6 is 0 Å². The quantitative estimate of drug-likeness (QED) is 0.391. The van der Waals surface area contributed by atoms with Gasteiger partial charge in [0, 0.05) is 23.3 Å². The summed E-state index contributed by atoms with van der Waals surface area (Å²) in [6.45, 7) is 2.05. The zero-order chi connectivity index (χ0) is 25.6. The van der Waals surface area contributed by atoms with E-state index in [-0.39, 0.29) is 22.3 Å². The van der Waals surface area contributed by atoms with Crippen molar-refractivity contribution < 1.29 is 14.1 Å². The van der Waals surface area contributed by atoms with Crippen LogP contribution in [0.2, 0.25) is 0 Å². The van der Waals surface area contributed by atoms with Crippen LogP contribution in [-0.4, -0.2) is 27.5 Å². The highest BCUT2D eigenvalue weighted by molar-refractivity contribution is 6.02. The van der Waals surface area contributed by atoms with E-state index in [4.69, 9.17) is 26.3 Å². The molecule has 1 fully saturated rings. The number of rotatable bonds is 5. The first-order chi connectivity index (χ1) is 17.9. The van der Waals surface area contributed by atoms with Crippen molar-refractivity contribution in [1.29, 1.82) is 0 Å². The van der Waals surface area contributed by atoms with Crippen LogP contribution < -0.4 is 16.3 Å². The van der Waals surface area contributed by atoms with E-state index in [1.54, 1.807) is 12.4 Å². The lowest BCUT2D eigenvalue weighted by Crippen LogP contribution is -2.53. The number of benzene rings is 2. The predicted molar refractivity (Wildman–Crippen MR) is 143 cm³/mol. The van der Waals surface area contributed by atoms with Crippen LogP contribution in [0.4, 0.5) is 0 Å². The van der Waals surface area contributed by atoms with Gasteiger partial charge in [-0.1, -0.05) is 24.3 Å². The summed E-state index contributed by atoms with van der Waals surface area (Å²) in [4.78, 5) is 25.9. The molecule has 2 aromatic carbocycles. The Kier molecular flexibility index (Phi) is 5.70.